The van der Waals surface area contributed by atoms with Crippen LogP contribution in [0.2, 0.25) is 0 Å². The number of nitrogens with one attached hydrogen (secondary N) is 1. The Hall–Kier alpha value is -3.06. The van der Waals surface area contributed by atoms with Crippen LogP contribution < -0.4 is 15.0 Å². The highest BCUT2D eigenvalue weighted by molar-refractivity contribution is 5.99. The number of amidine groups is 1. The van der Waals surface area contributed by atoms with Crippen molar-refractivity contribution in [3.63, 3.8) is 0 Å². The van der Waals surface area contributed by atoms with Crippen molar-refractivity contribution in [2.24, 2.45) is 4.99 Å². The predicted molar refractivity (Wildman–Crippen MR) is 102 cm³/mol. The molecule has 0 atom stereocenters. The number of aliphatic imine (C=N–C) groups is 1. The smallest absolute Gasteiger partial charge is 0.253 e. The molecule has 144 valence electrons. The van der Waals surface area contributed by atoms with E-state index in [1.165, 1.54) is 5.56 Å². The second-order valence-electron chi connectivity index (χ2n) is 7.34. The Kier molecular flexibility index (Phi) is 3.98. The minimum Gasteiger partial charge on any atom is -0.454 e. The van der Waals surface area contributed by atoms with Crippen LogP contribution >= 0.6 is 0 Å². The summed E-state index contributed by atoms with van der Waals surface area (Å²) in [6.45, 7) is 3.42. The minimum atomic E-state index is -0.605. The molecule has 3 aliphatic heterocycles. The van der Waals surface area contributed by atoms with Crippen molar-refractivity contribution in [1.82, 2.24) is 10.4 Å². The molecule has 1 amide bonds. The lowest BCUT2D eigenvalue weighted by Crippen LogP contribution is -2.46. The fourth-order valence-corrected chi connectivity index (χ4v) is 3.71. The lowest BCUT2D eigenvalue weighted by molar-refractivity contribution is -0.0849. The number of hydroxylamine groups is 1. The van der Waals surface area contributed by atoms with Gasteiger partial charge in [0.1, 0.15) is 0 Å². The summed E-state index contributed by atoms with van der Waals surface area (Å²) in [5, 5.41) is 0. The molecule has 3 aliphatic rings. The minimum absolute atomic E-state index is 0.0122. The van der Waals surface area contributed by atoms with Gasteiger partial charge in [-0.15, -0.1) is 0 Å². The second-order valence-corrected chi connectivity index (χ2v) is 7.34. The highest BCUT2D eigenvalue weighted by Gasteiger charge is 2.41. The summed E-state index contributed by atoms with van der Waals surface area (Å²) in [5.74, 6) is 2.03. The Morgan fingerprint density at radius 2 is 1.82 bits per heavy atom. The summed E-state index contributed by atoms with van der Waals surface area (Å²) >= 11 is 0. The van der Waals surface area contributed by atoms with Crippen molar-refractivity contribution in [3.8, 4) is 11.5 Å². The van der Waals surface area contributed by atoms with Gasteiger partial charge in [-0.05, 0) is 25.1 Å². The van der Waals surface area contributed by atoms with Crippen LogP contribution in [0.25, 0.3) is 0 Å². The van der Waals surface area contributed by atoms with Crippen LogP contribution in [0.4, 0.5) is 0 Å². The zero-order valence-corrected chi connectivity index (χ0v) is 15.6. The fourth-order valence-electron chi connectivity index (χ4n) is 3.71. The lowest BCUT2D eigenvalue weighted by Gasteiger charge is -2.35. The molecule has 7 nitrogen and oxygen atoms in total. The highest BCUT2D eigenvalue weighted by Crippen LogP contribution is 2.34. The third-order valence-corrected chi connectivity index (χ3v) is 5.43. The van der Waals surface area contributed by atoms with E-state index in [9.17, 15) is 4.79 Å². The normalized spacial score (nSPS) is 19.5. The molecule has 0 radical (unpaired) electrons. The van der Waals surface area contributed by atoms with E-state index < -0.39 is 5.72 Å². The molecule has 2 aromatic carbocycles. The molecular formula is C21H21N3O4. The molecule has 5 rings (SSSR count). The third-order valence-electron chi connectivity index (χ3n) is 5.43. The summed E-state index contributed by atoms with van der Waals surface area (Å²) in [7, 11) is 0. The number of nitrogens with zero attached hydrogens (tertiary/aromatic N) is 2. The first-order chi connectivity index (χ1) is 13.6. The van der Waals surface area contributed by atoms with E-state index >= 15 is 0 Å². The number of aryl methyl sites for hydroxylation is 1. The molecule has 0 saturated carbocycles. The van der Waals surface area contributed by atoms with Crippen LogP contribution in [0.3, 0.4) is 0 Å². The van der Waals surface area contributed by atoms with Gasteiger partial charge >= 0.3 is 0 Å². The van der Waals surface area contributed by atoms with Crippen LogP contribution in [0.15, 0.2) is 47.5 Å². The van der Waals surface area contributed by atoms with Gasteiger partial charge in [-0.2, -0.15) is 0 Å². The van der Waals surface area contributed by atoms with Crippen molar-refractivity contribution in [2.75, 3.05) is 19.9 Å². The molecule has 0 unspecified atom stereocenters. The summed E-state index contributed by atoms with van der Waals surface area (Å²) in [5.41, 5.74) is 5.18. The van der Waals surface area contributed by atoms with Crippen molar-refractivity contribution < 1.29 is 19.1 Å². The number of likely N-dealkylation sites (tertiary alicyclic amines) is 1. The quantitative estimate of drug-likeness (QED) is 0.869. The van der Waals surface area contributed by atoms with Gasteiger partial charge in [-0.3, -0.25) is 4.79 Å². The van der Waals surface area contributed by atoms with Gasteiger partial charge in [0.15, 0.2) is 23.1 Å². The maximum absolute atomic E-state index is 12.9. The molecule has 28 heavy (non-hydrogen) atoms. The number of hydrogen-bond acceptors (Lipinski definition) is 6. The maximum Gasteiger partial charge on any atom is 0.253 e. The number of piperidine rings is 1. The van der Waals surface area contributed by atoms with Crippen LogP contribution in [0.1, 0.15) is 34.3 Å². The molecule has 7 heteroatoms. The summed E-state index contributed by atoms with van der Waals surface area (Å²) in [6, 6.07) is 13.5. The Morgan fingerprint density at radius 3 is 2.61 bits per heavy atom. The molecule has 1 N–H and O–H groups in total. The Balaban J connectivity index is 1.27. The Morgan fingerprint density at radius 1 is 1.07 bits per heavy atom. The van der Waals surface area contributed by atoms with E-state index in [1.54, 1.807) is 18.2 Å². The standard InChI is InChI=1S/C21H21N3O4/c1-14-2-4-15(5-3-14)19-22-21(28-23-19)8-10-24(11-9-21)20(25)16-6-7-17-18(12-16)27-13-26-17/h2-7,12H,8-11,13H2,1H3,(H,22,23). The van der Waals surface area contributed by atoms with E-state index in [0.717, 1.165) is 11.4 Å². The Labute approximate surface area is 162 Å². The monoisotopic (exact) mass is 379 g/mol. The van der Waals surface area contributed by atoms with Gasteiger partial charge in [0.05, 0.1) is 0 Å². The topological polar surface area (TPSA) is 72.4 Å². The first-order valence-electron chi connectivity index (χ1n) is 9.42. The first kappa shape index (κ1) is 17.1. The van der Waals surface area contributed by atoms with E-state index in [0.29, 0.717) is 43.0 Å². The van der Waals surface area contributed by atoms with E-state index in [2.05, 4.69) is 24.5 Å². The van der Waals surface area contributed by atoms with E-state index in [1.807, 2.05) is 17.0 Å². The van der Waals surface area contributed by atoms with Crippen LogP contribution in [-0.2, 0) is 4.84 Å². The maximum atomic E-state index is 12.9. The van der Waals surface area contributed by atoms with Gasteiger partial charge < -0.3 is 14.4 Å². The number of ether oxygens (including phenoxy) is 2. The second kappa shape index (κ2) is 6.53. The van der Waals surface area contributed by atoms with Crippen LogP contribution in [0, 0.1) is 6.92 Å². The summed E-state index contributed by atoms with van der Waals surface area (Å²) in [6.07, 6.45) is 1.29. The lowest BCUT2D eigenvalue weighted by atomic mass is 10.00. The SMILES string of the molecule is Cc1ccc(C2=NC3(CCN(C(=O)c4ccc5c(c4)OCO5)CC3)ON2)cc1. The van der Waals surface area contributed by atoms with Gasteiger partial charge in [0.2, 0.25) is 6.79 Å². The van der Waals surface area contributed by atoms with E-state index in [4.69, 9.17) is 19.3 Å². The molecule has 3 heterocycles. The van der Waals surface area contributed by atoms with Crippen LogP contribution in [-0.4, -0.2) is 42.3 Å². The molecule has 0 aliphatic carbocycles. The van der Waals surface area contributed by atoms with Crippen molar-refractivity contribution >= 4 is 11.7 Å². The van der Waals surface area contributed by atoms with Gasteiger partial charge in [0, 0.05) is 37.1 Å². The van der Waals surface area contributed by atoms with Crippen molar-refractivity contribution in [1.29, 1.82) is 0 Å². The average molecular weight is 379 g/mol. The van der Waals surface area contributed by atoms with Gasteiger partial charge in [-0.1, -0.05) is 29.8 Å². The molecule has 0 aromatic heterocycles. The first-order valence-corrected chi connectivity index (χ1v) is 9.42. The number of benzene rings is 2. The van der Waals surface area contributed by atoms with Crippen LogP contribution in [0.5, 0.6) is 11.5 Å². The number of rotatable bonds is 2. The summed E-state index contributed by atoms with van der Waals surface area (Å²) < 4.78 is 10.7. The predicted octanol–water partition coefficient (Wildman–Crippen LogP) is 2.64. The molecule has 2 aromatic rings. The average Bonchev–Trinajstić information content (AvgIpc) is 3.35. The van der Waals surface area contributed by atoms with Crippen molar-refractivity contribution in [3.05, 3.63) is 59.2 Å². The molecule has 1 saturated heterocycles. The van der Waals surface area contributed by atoms with Crippen molar-refractivity contribution in [2.45, 2.75) is 25.5 Å². The number of fused-ring (bicyclic) bond motifs is 1. The zero-order chi connectivity index (χ0) is 19.1. The van der Waals surface area contributed by atoms with Gasteiger partial charge in [0.25, 0.3) is 5.91 Å². The summed E-state index contributed by atoms with van der Waals surface area (Å²) in [4.78, 5) is 25.3. The molecule has 0 bridgehead atoms. The largest absolute Gasteiger partial charge is 0.454 e. The van der Waals surface area contributed by atoms with Gasteiger partial charge in [-0.25, -0.2) is 15.3 Å². The number of carbonyl (C=O) groups excluding carboxylic acids is 1. The molecular weight excluding hydrogens is 358 g/mol. The number of carbonyl (C=O) groups is 1. The highest BCUT2D eigenvalue weighted by atomic mass is 16.7. The van der Waals surface area contributed by atoms with E-state index in [-0.39, 0.29) is 12.7 Å². The zero-order valence-electron chi connectivity index (χ0n) is 15.6. The Bertz CT molecular complexity index is 947. The fraction of sp³-hybridized carbons (Fsp3) is 0.333. The molecule has 1 fully saturated rings. The molecule has 1 spiro atoms. The number of amides is 1. The third kappa shape index (κ3) is 2.97. The number of hydrogen-bond donors (Lipinski definition) is 1.